The van der Waals surface area contributed by atoms with Crippen molar-refractivity contribution in [1.82, 2.24) is 0 Å². The van der Waals surface area contributed by atoms with E-state index in [1.807, 2.05) is 27.7 Å². The van der Waals surface area contributed by atoms with Crippen molar-refractivity contribution in [2.45, 2.75) is 35.1 Å². The maximum absolute atomic E-state index is 2.21. The van der Waals surface area contributed by atoms with E-state index in [1.54, 1.807) is 0 Å². The van der Waals surface area contributed by atoms with Gasteiger partial charge in [0.2, 0.25) is 0 Å². The molecule has 0 aromatic heterocycles. The second-order valence-electron chi connectivity index (χ2n) is 2.69. The Balaban J connectivity index is 0. The molecule has 0 atom stereocenters. The number of halogens is 1. The first-order valence-corrected chi connectivity index (χ1v) is 8.36. The molecule has 0 N–H and O–H groups in total. The summed E-state index contributed by atoms with van der Waals surface area (Å²) in [5, 5.41) is 0. The Morgan fingerprint density at radius 3 is 1.11 bits per heavy atom. The average molecular weight is 357 g/mol. The molecule has 0 bridgehead atoms. The molecule has 100 valence electrons. The molecule has 0 aliphatic rings. The summed E-state index contributed by atoms with van der Waals surface area (Å²) in [4.78, 5) is 0. The van der Waals surface area contributed by atoms with Gasteiger partial charge in [0.15, 0.2) is 7.14 Å². The summed E-state index contributed by atoms with van der Waals surface area (Å²) in [6, 6.07) is 21.4. The molecule has 1 heteroatoms. The molecule has 0 fully saturated rings. The molecule has 0 saturated heterocycles. The Labute approximate surface area is 124 Å². The van der Waals surface area contributed by atoms with Gasteiger partial charge in [-0.25, -0.2) is 0 Å². The SMILES string of the molecule is C.CC.CC.c1ccc([I+]c2ccccc2)cc1. The first-order chi connectivity index (χ1) is 8.45. The van der Waals surface area contributed by atoms with E-state index in [4.69, 9.17) is 0 Å². The molecular weight excluding hydrogens is 331 g/mol. The average Bonchev–Trinajstić information content (AvgIpc) is 2.45. The van der Waals surface area contributed by atoms with Gasteiger partial charge in [-0.2, -0.15) is 0 Å². The molecule has 2 aromatic carbocycles. The fourth-order valence-corrected chi connectivity index (χ4v) is 3.35. The molecule has 0 aliphatic carbocycles. The van der Waals surface area contributed by atoms with Crippen LogP contribution < -0.4 is 21.2 Å². The molecule has 18 heavy (non-hydrogen) atoms. The Kier molecular flexibility index (Phi) is 15.4. The third-order valence-electron chi connectivity index (χ3n) is 1.68. The zero-order chi connectivity index (χ0) is 12.9. The Hall–Kier alpha value is -0.830. The van der Waals surface area contributed by atoms with E-state index in [-0.39, 0.29) is 28.6 Å². The van der Waals surface area contributed by atoms with Crippen LogP contribution in [-0.4, -0.2) is 0 Å². The third-order valence-corrected chi connectivity index (χ3v) is 4.37. The Morgan fingerprint density at radius 1 is 0.556 bits per heavy atom. The highest BCUT2D eigenvalue weighted by molar-refractivity contribution is 5.02. The van der Waals surface area contributed by atoms with E-state index in [0.717, 1.165) is 0 Å². The van der Waals surface area contributed by atoms with Gasteiger partial charge >= 0.3 is 21.2 Å². The van der Waals surface area contributed by atoms with Crippen molar-refractivity contribution >= 4 is 0 Å². The summed E-state index contributed by atoms with van der Waals surface area (Å²) in [5.74, 6) is 0. The number of benzene rings is 2. The summed E-state index contributed by atoms with van der Waals surface area (Å²) in [6.07, 6.45) is 0. The van der Waals surface area contributed by atoms with Crippen LogP contribution in [0.15, 0.2) is 60.7 Å². The van der Waals surface area contributed by atoms with Crippen LogP contribution in [0.2, 0.25) is 0 Å². The molecule has 0 amide bonds. The zero-order valence-corrected chi connectivity index (χ0v) is 13.3. The second kappa shape index (κ2) is 14.2. The summed E-state index contributed by atoms with van der Waals surface area (Å²) >= 11 is 0.0287. The molecule has 0 saturated carbocycles. The van der Waals surface area contributed by atoms with Gasteiger partial charge in [-0.1, -0.05) is 71.5 Å². The van der Waals surface area contributed by atoms with E-state index < -0.39 is 0 Å². The van der Waals surface area contributed by atoms with E-state index in [1.165, 1.54) is 7.14 Å². The molecule has 0 unspecified atom stereocenters. The van der Waals surface area contributed by atoms with Crippen LogP contribution in [0, 0.1) is 7.14 Å². The molecule has 0 aliphatic heterocycles. The smallest absolute Gasteiger partial charge is 0.0776 e. The maximum atomic E-state index is 2.21. The van der Waals surface area contributed by atoms with E-state index in [9.17, 15) is 0 Å². The first-order valence-electron chi connectivity index (χ1n) is 6.20. The van der Waals surface area contributed by atoms with Crippen molar-refractivity contribution in [3.05, 3.63) is 67.8 Å². The maximum Gasteiger partial charge on any atom is 0.357 e. The monoisotopic (exact) mass is 357 g/mol. The third kappa shape index (κ3) is 8.29. The van der Waals surface area contributed by atoms with Crippen LogP contribution in [0.5, 0.6) is 0 Å². The number of hydrogen-bond donors (Lipinski definition) is 0. The summed E-state index contributed by atoms with van der Waals surface area (Å²) in [5.41, 5.74) is 0. The Bertz CT molecular complexity index is 316. The van der Waals surface area contributed by atoms with Gasteiger partial charge in [-0.05, 0) is 24.3 Å². The summed E-state index contributed by atoms with van der Waals surface area (Å²) in [7, 11) is 0. The molecule has 2 rings (SSSR count). The summed E-state index contributed by atoms with van der Waals surface area (Å²) < 4.78 is 2.96. The van der Waals surface area contributed by atoms with Gasteiger partial charge in [0.1, 0.15) is 0 Å². The van der Waals surface area contributed by atoms with Crippen molar-refractivity contribution < 1.29 is 21.2 Å². The number of rotatable bonds is 2. The minimum atomic E-state index is 0. The molecule has 0 radical (unpaired) electrons. The fourth-order valence-electron chi connectivity index (χ4n) is 1.08. The van der Waals surface area contributed by atoms with Gasteiger partial charge in [-0.15, -0.1) is 0 Å². The van der Waals surface area contributed by atoms with Gasteiger partial charge < -0.3 is 0 Å². The van der Waals surface area contributed by atoms with Gasteiger partial charge in [-0.3, -0.25) is 0 Å². The molecule has 0 spiro atoms. The lowest BCUT2D eigenvalue weighted by Crippen LogP contribution is -3.61. The predicted octanol–water partition coefficient (Wildman–Crippen LogP) is 2.50. The lowest BCUT2D eigenvalue weighted by atomic mass is 10.4. The fraction of sp³-hybridized carbons (Fsp3) is 0.294. The lowest BCUT2D eigenvalue weighted by Gasteiger charge is -1.84. The van der Waals surface area contributed by atoms with Crippen molar-refractivity contribution in [2.24, 2.45) is 0 Å². The number of hydrogen-bond acceptors (Lipinski definition) is 0. The van der Waals surface area contributed by atoms with Crippen LogP contribution in [0.25, 0.3) is 0 Å². The molecule has 2 aromatic rings. The van der Waals surface area contributed by atoms with Crippen molar-refractivity contribution in [2.75, 3.05) is 0 Å². The molecule has 0 heterocycles. The van der Waals surface area contributed by atoms with Crippen molar-refractivity contribution in [1.29, 1.82) is 0 Å². The van der Waals surface area contributed by atoms with Crippen molar-refractivity contribution in [3.8, 4) is 0 Å². The summed E-state index contributed by atoms with van der Waals surface area (Å²) in [6.45, 7) is 8.00. The Morgan fingerprint density at radius 2 is 0.833 bits per heavy atom. The lowest BCUT2D eigenvalue weighted by molar-refractivity contribution is -0.597. The predicted molar refractivity (Wildman–Crippen MR) is 79.7 cm³/mol. The van der Waals surface area contributed by atoms with Crippen LogP contribution in [-0.2, 0) is 0 Å². The minimum Gasteiger partial charge on any atom is -0.0776 e. The molecule has 0 nitrogen and oxygen atoms in total. The highest BCUT2D eigenvalue weighted by Gasteiger charge is 2.12. The highest BCUT2D eigenvalue weighted by atomic mass is 127. The van der Waals surface area contributed by atoms with Gasteiger partial charge in [0, 0.05) is 0 Å². The van der Waals surface area contributed by atoms with Crippen molar-refractivity contribution in [3.63, 3.8) is 0 Å². The van der Waals surface area contributed by atoms with E-state index in [2.05, 4.69) is 60.7 Å². The first kappa shape index (κ1) is 19.5. The van der Waals surface area contributed by atoms with E-state index in [0.29, 0.717) is 0 Å². The highest BCUT2D eigenvalue weighted by Crippen LogP contribution is 1.85. The topological polar surface area (TPSA) is 0 Å². The van der Waals surface area contributed by atoms with Gasteiger partial charge in [0.25, 0.3) is 0 Å². The largest absolute Gasteiger partial charge is 0.357 e. The van der Waals surface area contributed by atoms with Gasteiger partial charge in [0.05, 0.1) is 0 Å². The van der Waals surface area contributed by atoms with E-state index >= 15 is 0 Å². The standard InChI is InChI=1S/C12H10I.2C2H6.CH4/c1-3-7-11(8-4-1)13-12-9-5-2-6-10-12;2*1-2;/h1-10H;2*1-2H3;1H4/q+1;;;. The van der Waals surface area contributed by atoms with Crippen LogP contribution in [0.1, 0.15) is 35.1 Å². The normalized spacial score (nSPS) is 7.78. The van der Waals surface area contributed by atoms with Crippen LogP contribution in [0.4, 0.5) is 0 Å². The second-order valence-corrected chi connectivity index (χ2v) is 5.72. The molecular formula is C17H26I+. The minimum absolute atomic E-state index is 0. The quantitative estimate of drug-likeness (QED) is 0.725. The zero-order valence-electron chi connectivity index (χ0n) is 11.2. The van der Waals surface area contributed by atoms with Crippen LogP contribution in [0.3, 0.4) is 0 Å². The van der Waals surface area contributed by atoms with Crippen LogP contribution >= 0.6 is 0 Å².